The summed E-state index contributed by atoms with van der Waals surface area (Å²) in [6.07, 6.45) is 2.78. The van der Waals surface area contributed by atoms with Gasteiger partial charge in [0, 0.05) is 7.11 Å². The third kappa shape index (κ3) is 4.15. The number of nitrogens with one attached hydrogen (secondary N) is 1. The summed E-state index contributed by atoms with van der Waals surface area (Å²) < 4.78 is 8.19. The van der Waals surface area contributed by atoms with Crippen LogP contribution in [0.1, 0.15) is 22.9 Å². The maximum Gasteiger partial charge on any atom is 0.0699 e. The molecule has 0 fully saturated rings. The first kappa shape index (κ1) is 16.2. The maximum absolute atomic E-state index is 5.16. The molecule has 2 aromatic rings. The Morgan fingerprint density at radius 2 is 2.05 bits per heavy atom. The highest BCUT2D eigenvalue weighted by atomic mass is 79.9. The highest BCUT2D eigenvalue weighted by Gasteiger charge is 2.19. The smallest absolute Gasteiger partial charge is 0.0699 e. The number of halogens is 1. The fourth-order valence-corrected chi connectivity index (χ4v) is 2.94. The summed E-state index contributed by atoms with van der Waals surface area (Å²) in [4.78, 5) is 0. The fraction of sp³-hybridized carbons (Fsp3) is 0.438. The van der Waals surface area contributed by atoms with Crippen LogP contribution in [0.4, 0.5) is 0 Å². The van der Waals surface area contributed by atoms with Gasteiger partial charge in [0.05, 0.1) is 35.6 Å². The van der Waals surface area contributed by atoms with Crippen LogP contribution in [-0.2, 0) is 17.7 Å². The van der Waals surface area contributed by atoms with Gasteiger partial charge >= 0.3 is 0 Å². The van der Waals surface area contributed by atoms with Crippen LogP contribution in [0.2, 0.25) is 0 Å². The standard InChI is InChI=1S/C16H22BrN3O/c1-12-4-6-13(7-5-12)10-15(18-2)16-14(17)11-19-20(16)8-9-21-3/h4-7,11,15,18H,8-10H2,1-3H3. The lowest BCUT2D eigenvalue weighted by molar-refractivity contribution is 0.181. The van der Waals surface area contributed by atoms with Gasteiger partial charge in [0.25, 0.3) is 0 Å². The van der Waals surface area contributed by atoms with Gasteiger partial charge in [0.2, 0.25) is 0 Å². The lowest BCUT2D eigenvalue weighted by Gasteiger charge is -2.19. The molecule has 114 valence electrons. The lowest BCUT2D eigenvalue weighted by atomic mass is 10.0. The molecule has 0 saturated carbocycles. The minimum absolute atomic E-state index is 0.210. The van der Waals surface area contributed by atoms with Crippen molar-refractivity contribution in [2.75, 3.05) is 20.8 Å². The highest BCUT2D eigenvalue weighted by molar-refractivity contribution is 9.10. The van der Waals surface area contributed by atoms with Crippen molar-refractivity contribution in [3.8, 4) is 0 Å². The Balaban J connectivity index is 2.20. The Kier molecular flexibility index (Phi) is 5.96. The van der Waals surface area contributed by atoms with Crippen LogP contribution >= 0.6 is 15.9 Å². The largest absolute Gasteiger partial charge is 0.383 e. The Morgan fingerprint density at radius 1 is 1.33 bits per heavy atom. The van der Waals surface area contributed by atoms with Crippen molar-refractivity contribution in [1.82, 2.24) is 15.1 Å². The minimum Gasteiger partial charge on any atom is -0.383 e. The summed E-state index contributed by atoms with van der Waals surface area (Å²) in [5.74, 6) is 0. The van der Waals surface area contributed by atoms with E-state index < -0.39 is 0 Å². The zero-order valence-electron chi connectivity index (χ0n) is 12.8. The van der Waals surface area contributed by atoms with Crippen molar-refractivity contribution >= 4 is 15.9 Å². The van der Waals surface area contributed by atoms with Crippen LogP contribution in [0.3, 0.4) is 0 Å². The molecule has 2 rings (SSSR count). The molecule has 1 atom stereocenters. The summed E-state index contributed by atoms with van der Waals surface area (Å²) in [6.45, 7) is 3.52. The number of rotatable bonds is 7. The number of ether oxygens (including phenoxy) is 1. The van der Waals surface area contributed by atoms with E-state index in [1.807, 2.05) is 17.9 Å². The lowest BCUT2D eigenvalue weighted by Crippen LogP contribution is -2.24. The Hall–Kier alpha value is -1.17. The molecule has 0 bridgehead atoms. The van der Waals surface area contributed by atoms with E-state index in [2.05, 4.69) is 57.5 Å². The van der Waals surface area contributed by atoms with Crippen LogP contribution in [0.15, 0.2) is 34.9 Å². The molecule has 0 aliphatic rings. The van der Waals surface area contributed by atoms with Gasteiger partial charge in [-0.1, -0.05) is 29.8 Å². The molecule has 4 nitrogen and oxygen atoms in total. The molecule has 0 amide bonds. The summed E-state index contributed by atoms with van der Waals surface area (Å²) >= 11 is 3.61. The van der Waals surface area contributed by atoms with E-state index in [-0.39, 0.29) is 6.04 Å². The molecule has 1 N–H and O–H groups in total. The molecule has 5 heteroatoms. The zero-order chi connectivity index (χ0) is 15.2. The SMILES string of the molecule is CNC(Cc1ccc(C)cc1)c1c(Br)cnn1CCOC. The van der Waals surface area contributed by atoms with Gasteiger partial charge in [0.15, 0.2) is 0 Å². The van der Waals surface area contributed by atoms with E-state index in [9.17, 15) is 0 Å². The first-order valence-corrected chi connectivity index (χ1v) is 7.88. The number of nitrogens with zero attached hydrogens (tertiary/aromatic N) is 2. The number of hydrogen-bond donors (Lipinski definition) is 1. The van der Waals surface area contributed by atoms with E-state index in [0.717, 1.165) is 23.1 Å². The van der Waals surface area contributed by atoms with Gasteiger partial charge in [-0.3, -0.25) is 4.68 Å². The molecule has 0 spiro atoms. The van der Waals surface area contributed by atoms with Crippen molar-refractivity contribution < 1.29 is 4.74 Å². The first-order valence-electron chi connectivity index (χ1n) is 7.08. The minimum atomic E-state index is 0.210. The average Bonchev–Trinajstić information content (AvgIpc) is 2.85. The number of benzene rings is 1. The summed E-state index contributed by atoms with van der Waals surface area (Å²) in [5.41, 5.74) is 3.76. The van der Waals surface area contributed by atoms with Crippen LogP contribution in [0.5, 0.6) is 0 Å². The van der Waals surface area contributed by atoms with Crippen LogP contribution in [-0.4, -0.2) is 30.5 Å². The summed E-state index contributed by atoms with van der Waals surface area (Å²) in [6, 6.07) is 8.88. The molecule has 0 radical (unpaired) electrons. The molecule has 1 aromatic heterocycles. The number of aryl methyl sites for hydroxylation is 1. The van der Waals surface area contributed by atoms with Crippen molar-refractivity contribution in [3.63, 3.8) is 0 Å². The molecule has 1 unspecified atom stereocenters. The molecule has 0 saturated heterocycles. The number of methoxy groups -OCH3 is 1. The monoisotopic (exact) mass is 351 g/mol. The Labute approximate surface area is 134 Å². The molecule has 0 aliphatic heterocycles. The average molecular weight is 352 g/mol. The van der Waals surface area contributed by atoms with Crippen molar-refractivity contribution in [2.45, 2.75) is 25.9 Å². The molecule has 1 aromatic carbocycles. The van der Waals surface area contributed by atoms with Gasteiger partial charge in [0.1, 0.15) is 0 Å². The van der Waals surface area contributed by atoms with E-state index in [0.29, 0.717) is 6.61 Å². The van der Waals surface area contributed by atoms with Gasteiger partial charge in [-0.05, 0) is 41.9 Å². The van der Waals surface area contributed by atoms with E-state index in [4.69, 9.17) is 4.74 Å². The summed E-state index contributed by atoms with van der Waals surface area (Å²) in [5, 5.41) is 7.82. The van der Waals surface area contributed by atoms with Gasteiger partial charge < -0.3 is 10.1 Å². The first-order chi connectivity index (χ1) is 10.2. The number of aromatic nitrogens is 2. The second-order valence-electron chi connectivity index (χ2n) is 5.12. The second-order valence-corrected chi connectivity index (χ2v) is 5.98. The third-order valence-corrected chi connectivity index (χ3v) is 4.19. The quantitative estimate of drug-likeness (QED) is 0.832. The molecular weight excluding hydrogens is 330 g/mol. The Bertz CT molecular complexity index is 565. The third-order valence-electron chi connectivity index (χ3n) is 3.58. The van der Waals surface area contributed by atoms with Crippen LogP contribution in [0.25, 0.3) is 0 Å². The highest BCUT2D eigenvalue weighted by Crippen LogP contribution is 2.26. The van der Waals surface area contributed by atoms with Crippen molar-refractivity contribution in [1.29, 1.82) is 0 Å². The van der Waals surface area contributed by atoms with Gasteiger partial charge in [-0.25, -0.2) is 0 Å². The normalized spacial score (nSPS) is 12.6. The number of likely N-dealkylation sites (N-methyl/N-ethyl adjacent to an activating group) is 1. The number of hydrogen-bond acceptors (Lipinski definition) is 3. The second kappa shape index (κ2) is 7.73. The Morgan fingerprint density at radius 3 is 2.67 bits per heavy atom. The molecular formula is C16H22BrN3O. The molecule has 21 heavy (non-hydrogen) atoms. The predicted octanol–water partition coefficient (Wildman–Crippen LogP) is 3.10. The maximum atomic E-state index is 5.16. The molecule has 0 aliphatic carbocycles. The topological polar surface area (TPSA) is 39.1 Å². The van der Waals surface area contributed by atoms with E-state index >= 15 is 0 Å². The molecule has 1 heterocycles. The summed E-state index contributed by atoms with van der Waals surface area (Å²) in [7, 11) is 3.69. The van der Waals surface area contributed by atoms with Crippen molar-refractivity contribution in [3.05, 3.63) is 51.8 Å². The van der Waals surface area contributed by atoms with Crippen LogP contribution < -0.4 is 5.32 Å². The predicted molar refractivity (Wildman–Crippen MR) is 88.5 cm³/mol. The zero-order valence-corrected chi connectivity index (χ0v) is 14.4. The van der Waals surface area contributed by atoms with Gasteiger partial charge in [-0.15, -0.1) is 0 Å². The van der Waals surface area contributed by atoms with E-state index in [1.54, 1.807) is 7.11 Å². The van der Waals surface area contributed by atoms with Crippen LogP contribution in [0, 0.1) is 6.92 Å². The fourth-order valence-electron chi connectivity index (χ4n) is 2.37. The van der Waals surface area contributed by atoms with E-state index in [1.165, 1.54) is 11.1 Å². The van der Waals surface area contributed by atoms with Gasteiger partial charge in [-0.2, -0.15) is 5.10 Å². The van der Waals surface area contributed by atoms with Crippen molar-refractivity contribution in [2.24, 2.45) is 0 Å².